The molecule has 0 bridgehead atoms. The number of hydrogen-bond acceptors (Lipinski definition) is 11. The second-order valence-electron chi connectivity index (χ2n) is 20.9. The Kier molecular flexibility index (Phi) is 50.9. The molecule has 1 heterocycles. The third-order valence-corrected chi connectivity index (χ3v) is 13.5. The second-order valence-corrected chi connectivity index (χ2v) is 20.9. The quantitative estimate of drug-likeness (QED) is 0.0228. The Hall–Kier alpha value is -4.88. The zero-order valence-corrected chi connectivity index (χ0v) is 50.5. The normalized spacial score (nSPS) is 18.6. The van der Waals surface area contributed by atoms with Crippen molar-refractivity contribution in [2.45, 2.75) is 276 Å². The molecule has 3 N–H and O–H groups in total. The van der Waals surface area contributed by atoms with Crippen molar-refractivity contribution in [1.82, 2.24) is 0 Å². The van der Waals surface area contributed by atoms with E-state index in [0.29, 0.717) is 32.1 Å². The lowest BCUT2D eigenvalue weighted by atomic mass is 9.98. The van der Waals surface area contributed by atoms with Gasteiger partial charge in [-0.2, -0.15) is 0 Å². The highest BCUT2D eigenvalue weighted by Gasteiger charge is 2.50. The van der Waals surface area contributed by atoms with Gasteiger partial charge in [-0.05, 0) is 122 Å². The molecular weight excluding hydrogens is 1020 g/mol. The number of carbonyl (C=O) groups excluding carboxylic acids is 3. The predicted molar refractivity (Wildman–Crippen MR) is 330 cm³/mol. The molecule has 0 aliphatic carbocycles. The molecule has 1 fully saturated rings. The molecule has 1 aliphatic rings. The molecule has 6 unspecified atom stereocenters. The van der Waals surface area contributed by atoms with Gasteiger partial charge in [-0.3, -0.25) is 14.4 Å². The Morgan fingerprint density at radius 1 is 0.420 bits per heavy atom. The van der Waals surface area contributed by atoms with Gasteiger partial charge in [0.15, 0.2) is 24.6 Å². The Labute approximate surface area is 490 Å². The van der Waals surface area contributed by atoms with Crippen LogP contribution in [0.15, 0.2) is 122 Å². The summed E-state index contributed by atoms with van der Waals surface area (Å²) in [6, 6.07) is 0. The first kappa shape index (κ1) is 74.1. The minimum absolute atomic E-state index is 0.00456. The van der Waals surface area contributed by atoms with E-state index in [1.54, 1.807) is 0 Å². The zero-order valence-electron chi connectivity index (χ0n) is 50.5. The van der Waals surface area contributed by atoms with Crippen molar-refractivity contribution >= 4 is 23.9 Å². The third kappa shape index (κ3) is 45.3. The molecule has 12 nitrogen and oxygen atoms in total. The lowest BCUT2D eigenvalue weighted by Gasteiger charge is -2.40. The van der Waals surface area contributed by atoms with Gasteiger partial charge in [0.1, 0.15) is 18.8 Å². The summed E-state index contributed by atoms with van der Waals surface area (Å²) in [5.74, 6) is -3.27. The highest BCUT2D eigenvalue weighted by molar-refractivity contribution is 5.74. The van der Waals surface area contributed by atoms with Crippen LogP contribution in [0.1, 0.15) is 239 Å². The summed E-state index contributed by atoms with van der Waals surface area (Å²) in [6.07, 6.45) is 64.6. The number of aliphatic hydroxyl groups excluding tert-OH is 2. The minimum atomic E-state index is -1.93. The smallest absolute Gasteiger partial charge is 0.335 e. The van der Waals surface area contributed by atoms with E-state index in [-0.39, 0.29) is 25.9 Å². The number of carbonyl (C=O) groups is 4. The number of ether oxygens (including phenoxy) is 5. The first-order valence-electron chi connectivity index (χ1n) is 31.5. The predicted octanol–water partition coefficient (Wildman–Crippen LogP) is 16.8. The van der Waals surface area contributed by atoms with Crippen LogP contribution in [0.5, 0.6) is 0 Å². The van der Waals surface area contributed by atoms with Crippen LogP contribution >= 0.6 is 0 Å². The fourth-order valence-electron chi connectivity index (χ4n) is 8.74. The number of carboxylic acids is 1. The summed E-state index contributed by atoms with van der Waals surface area (Å²) >= 11 is 0. The summed E-state index contributed by atoms with van der Waals surface area (Å²) in [4.78, 5) is 51.2. The van der Waals surface area contributed by atoms with Gasteiger partial charge < -0.3 is 39.0 Å². The molecule has 1 rings (SSSR count). The van der Waals surface area contributed by atoms with Crippen molar-refractivity contribution in [3.05, 3.63) is 122 Å². The van der Waals surface area contributed by atoms with E-state index in [9.17, 15) is 34.5 Å². The molecule has 0 aromatic rings. The topological polar surface area (TPSA) is 175 Å². The molecule has 0 radical (unpaired) electrons. The monoisotopic (exact) mass is 1130 g/mol. The van der Waals surface area contributed by atoms with Crippen LogP contribution in [0.2, 0.25) is 0 Å². The van der Waals surface area contributed by atoms with Gasteiger partial charge in [0.25, 0.3) is 0 Å². The Balaban J connectivity index is 2.73. The van der Waals surface area contributed by atoms with Crippen LogP contribution in [0.3, 0.4) is 0 Å². The number of aliphatic hydroxyl groups is 2. The van der Waals surface area contributed by atoms with Gasteiger partial charge in [0, 0.05) is 19.3 Å². The molecule has 458 valence electrons. The number of esters is 3. The van der Waals surface area contributed by atoms with Gasteiger partial charge in [-0.25, -0.2) is 4.79 Å². The highest BCUT2D eigenvalue weighted by atomic mass is 16.7. The molecule has 81 heavy (non-hydrogen) atoms. The number of allylic oxidation sites excluding steroid dienone is 20. The first-order chi connectivity index (χ1) is 39.6. The largest absolute Gasteiger partial charge is 0.479 e. The fraction of sp³-hybridized carbons (Fsp3) is 0.652. The standard InChI is InChI=1S/C69H110O12/c1-4-7-10-13-16-19-22-25-28-30-31-33-35-37-40-43-46-49-52-55-61(70)77-58-60(79-62(71)56-53-50-47-44-41-39-36-32-29-26-23-20-17-14-11-8-5-2)59-78-69-67(65(74)64(73)66(81-69)68(75)76)80-63(72)57-54-51-48-45-42-38-34-27-24-21-18-15-12-9-6-3/h8-9,11-12,17-18,20-21,25-29,34,36,39,42,44-45,47,60,64-67,69,73-74H,4-7,10,13-16,19,22-24,30-33,35,37-38,40-41,43,46,48-59H2,1-3H3,(H,75,76)/b11-8-,12-9-,20-17-,21-18-,28-25-,29-26-,34-27-,39-36-,45-42-,47-44-. The number of unbranched alkanes of at least 4 members (excludes halogenated alkanes) is 18. The molecule has 0 aromatic carbocycles. The van der Waals surface area contributed by atoms with Gasteiger partial charge in [-0.1, -0.05) is 219 Å². The number of carboxylic acid groups (broad SMARTS) is 1. The number of hydrogen-bond donors (Lipinski definition) is 3. The number of rotatable bonds is 52. The second kappa shape index (κ2) is 55.6. The molecular formula is C69H110O12. The molecule has 0 spiro atoms. The summed E-state index contributed by atoms with van der Waals surface area (Å²) in [5.41, 5.74) is 0. The van der Waals surface area contributed by atoms with Crippen LogP contribution in [-0.4, -0.2) is 89.2 Å². The average Bonchev–Trinajstić information content (AvgIpc) is 3.52. The first-order valence-corrected chi connectivity index (χ1v) is 31.5. The average molecular weight is 1130 g/mol. The Bertz CT molecular complexity index is 1870. The molecule has 0 saturated carbocycles. The van der Waals surface area contributed by atoms with E-state index in [4.69, 9.17) is 23.7 Å². The summed E-state index contributed by atoms with van der Waals surface area (Å²) < 4.78 is 28.4. The van der Waals surface area contributed by atoms with Crippen molar-refractivity contribution in [3.63, 3.8) is 0 Å². The summed E-state index contributed by atoms with van der Waals surface area (Å²) in [6.45, 7) is 5.70. The summed E-state index contributed by atoms with van der Waals surface area (Å²) in [5, 5.41) is 31.5. The van der Waals surface area contributed by atoms with E-state index in [1.807, 2.05) is 12.2 Å². The van der Waals surface area contributed by atoms with Crippen LogP contribution in [-0.2, 0) is 42.9 Å². The molecule has 6 atom stereocenters. The van der Waals surface area contributed by atoms with Crippen LogP contribution < -0.4 is 0 Å². The van der Waals surface area contributed by atoms with Crippen LogP contribution in [0.25, 0.3) is 0 Å². The zero-order chi connectivity index (χ0) is 58.9. The van der Waals surface area contributed by atoms with Crippen molar-refractivity contribution in [2.75, 3.05) is 13.2 Å². The van der Waals surface area contributed by atoms with Gasteiger partial charge in [0.05, 0.1) is 6.61 Å². The van der Waals surface area contributed by atoms with Gasteiger partial charge in [-0.15, -0.1) is 0 Å². The van der Waals surface area contributed by atoms with Gasteiger partial charge in [0.2, 0.25) is 0 Å². The molecule has 1 aliphatic heterocycles. The van der Waals surface area contributed by atoms with E-state index < -0.39 is 67.3 Å². The van der Waals surface area contributed by atoms with Crippen molar-refractivity contribution < 1.29 is 58.2 Å². The SMILES string of the molecule is CC/C=C\C/C=C\C/C=C\C/C=C\C/C=C\CCCC(=O)OC(COC(=O)CCCCCCCCCCC/C=C\CCCCCCCC)COC1OC(C(=O)O)C(O)C(O)C1OC(=O)CCCC/C=C\C/C=C\C/C=C\C/C=C\CC. The lowest BCUT2D eigenvalue weighted by molar-refractivity contribution is -0.301. The van der Waals surface area contributed by atoms with E-state index in [0.717, 1.165) is 83.5 Å². The minimum Gasteiger partial charge on any atom is -0.479 e. The van der Waals surface area contributed by atoms with E-state index in [2.05, 4.69) is 130 Å². The molecule has 1 saturated heterocycles. The van der Waals surface area contributed by atoms with Crippen molar-refractivity contribution in [2.24, 2.45) is 0 Å². The maximum absolute atomic E-state index is 13.2. The Morgan fingerprint density at radius 2 is 0.790 bits per heavy atom. The number of aliphatic carboxylic acids is 1. The van der Waals surface area contributed by atoms with Gasteiger partial charge >= 0.3 is 23.9 Å². The maximum Gasteiger partial charge on any atom is 0.335 e. The van der Waals surface area contributed by atoms with Crippen molar-refractivity contribution in [1.29, 1.82) is 0 Å². The maximum atomic E-state index is 13.2. The molecule has 12 heteroatoms. The Morgan fingerprint density at radius 3 is 1.26 bits per heavy atom. The summed E-state index contributed by atoms with van der Waals surface area (Å²) in [7, 11) is 0. The highest BCUT2D eigenvalue weighted by Crippen LogP contribution is 2.26. The fourth-order valence-corrected chi connectivity index (χ4v) is 8.74. The lowest BCUT2D eigenvalue weighted by Crippen LogP contribution is -2.61. The molecule has 0 aromatic heterocycles. The van der Waals surface area contributed by atoms with Crippen LogP contribution in [0, 0.1) is 0 Å². The third-order valence-electron chi connectivity index (χ3n) is 13.5. The van der Waals surface area contributed by atoms with E-state index >= 15 is 0 Å². The van der Waals surface area contributed by atoms with Crippen molar-refractivity contribution in [3.8, 4) is 0 Å². The molecule has 0 amide bonds. The van der Waals surface area contributed by atoms with Crippen LogP contribution in [0.4, 0.5) is 0 Å². The van der Waals surface area contributed by atoms with E-state index in [1.165, 1.54) is 83.5 Å².